The van der Waals surface area contributed by atoms with Gasteiger partial charge >= 0.3 is 6.36 Å². The van der Waals surface area contributed by atoms with Crippen LogP contribution in [0, 0.1) is 0 Å². The fourth-order valence-corrected chi connectivity index (χ4v) is 3.72. The van der Waals surface area contributed by atoms with Crippen molar-refractivity contribution in [1.82, 2.24) is 4.37 Å². The summed E-state index contributed by atoms with van der Waals surface area (Å²) in [5.74, 6) is -0.212. The van der Waals surface area contributed by atoms with Crippen molar-refractivity contribution in [1.29, 1.82) is 0 Å². The molecule has 0 atom stereocenters. The molecule has 1 heterocycles. The van der Waals surface area contributed by atoms with Gasteiger partial charge in [-0.25, -0.2) is 0 Å². The van der Waals surface area contributed by atoms with Crippen LogP contribution in [0.1, 0.15) is 11.1 Å². The highest BCUT2D eigenvalue weighted by Crippen LogP contribution is 2.36. The van der Waals surface area contributed by atoms with E-state index in [1.54, 1.807) is 12.1 Å². The lowest BCUT2D eigenvalue weighted by Gasteiger charge is -2.16. The molecule has 3 aromatic rings. The van der Waals surface area contributed by atoms with Gasteiger partial charge in [0.1, 0.15) is 5.75 Å². The zero-order valence-corrected chi connectivity index (χ0v) is 13.2. The van der Waals surface area contributed by atoms with E-state index in [-0.39, 0.29) is 5.75 Å². The number of benzene rings is 2. The second-order valence-corrected chi connectivity index (χ2v) is 6.26. The van der Waals surface area contributed by atoms with Crippen LogP contribution in [-0.2, 0) is 12.8 Å². The first kappa shape index (κ1) is 15.2. The van der Waals surface area contributed by atoms with Crippen LogP contribution >= 0.6 is 11.5 Å². The summed E-state index contributed by atoms with van der Waals surface area (Å²) in [6.45, 7) is 0. The molecule has 0 spiro atoms. The Bertz CT molecular complexity index is 884. The van der Waals surface area contributed by atoms with E-state index in [2.05, 4.69) is 20.6 Å². The van der Waals surface area contributed by atoms with Crippen LogP contribution in [0.15, 0.2) is 47.8 Å². The van der Waals surface area contributed by atoms with Crippen molar-refractivity contribution >= 4 is 11.5 Å². The molecule has 0 unspecified atom stereocenters. The van der Waals surface area contributed by atoms with Crippen LogP contribution in [0.5, 0.6) is 5.75 Å². The van der Waals surface area contributed by atoms with Gasteiger partial charge in [-0.15, -0.1) is 13.2 Å². The number of nitrogens with zero attached hydrogens (tertiary/aromatic N) is 1. The Labute approximate surface area is 140 Å². The maximum absolute atomic E-state index is 12.2. The van der Waals surface area contributed by atoms with Crippen molar-refractivity contribution in [2.45, 2.75) is 19.2 Å². The van der Waals surface area contributed by atoms with Gasteiger partial charge in [0, 0.05) is 10.9 Å². The molecule has 2 nitrogen and oxygen atoms in total. The summed E-state index contributed by atoms with van der Waals surface area (Å²) < 4.78 is 45.0. The van der Waals surface area contributed by atoms with E-state index >= 15 is 0 Å². The molecule has 0 aliphatic heterocycles. The third-order valence-corrected chi connectivity index (χ3v) is 4.77. The molecule has 4 rings (SSSR count). The number of rotatable bonds is 2. The van der Waals surface area contributed by atoms with Crippen LogP contribution in [0.25, 0.3) is 22.4 Å². The predicted octanol–water partition coefficient (Wildman–Crippen LogP) is 5.47. The lowest BCUT2D eigenvalue weighted by Crippen LogP contribution is -2.16. The average molecular weight is 347 g/mol. The fourth-order valence-electron chi connectivity index (χ4n) is 2.99. The normalized spacial score (nSPS) is 13.3. The molecule has 1 aromatic heterocycles. The van der Waals surface area contributed by atoms with Gasteiger partial charge < -0.3 is 4.74 Å². The smallest absolute Gasteiger partial charge is 0.406 e. The van der Waals surface area contributed by atoms with E-state index in [9.17, 15) is 13.2 Å². The highest BCUT2D eigenvalue weighted by atomic mass is 32.1. The molecular weight excluding hydrogens is 335 g/mol. The minimum atomic E-state index is -4.67. The van der Waals surface area contributed by atoms with Gasteiger partial charge in [0.15, 0.2) is 0 Å². The van der Waals surface area contributed by atoms with Crippen LogP contribution in [0.4, 0.5) is 13.2 Å². The molecule has 122 valence electrons. The summed E-state index contributed by atoms with van der Waals surface area (Å²) in [5.41, 5.74) is 6.55. The minimum Gasteiger partial charge on any atom is -0.406 e. The second kappa shape index (κ2) is 5.63. The minimum absolute atomic E-state index is 0.212. The molecule has 0 bridgehead atoms. The lowest BCUT2D eigenvalue weighted by atomic mass is 9.88. The highest BCUT2D eigenvalue weighted by Gasteiger charge is 2.31. The molecule has 0 saturated carbocycles. The zero-order chi connectivity index (χ0) is 16.7. The van der Waals surface area contributed by atoms with Crippen molar-refractivity contribution in [2.24, 2.45) is 0 Å². The van der Waals surface area contributed by atoms with Crippen molar-refractivity contribution in [3.8, 4) is 28.1 Å². The number of hydrogen-bond acceptors (Lipinski definition) is 3. The third kappa shape index (κ3) is 2.89. The van der Waals surface area contributed by atoms with E-state index in [1.165, 1.54) is 34.8 Å². The number of alkyl halides is 3. The molecule has 0 saturated heterocycles. The SMILES string of the molecule is FC(F)(F)Oc1ccc(-c2ccc3c(c2)CCc2csnc2-3)cc1. The number of hydrogen-bond donors (Lipinski definition) is 0. The predicted molar refractivity (Wildman–Crippen MR) is 87.1 cm³/mol. The maximum atomic E-state index is 12.2. The van der Waals surface area contributed by atoms with E-state index in [0.717, 1.165) is 35.2 Å². The highest BCUT2D eigenvalue weighted by molar-refractivity contribution is 7.04. The lowest BCUT2D eigenvalue weighted by molar-refractivity contribution is -0.274. The summed E-state index contributed by atoms with van der Waals surface area (Å²) in [6, 6.07) is 12.1. The standard InChI is InChI=1S/C18H12F3NOS/c19-18(20,21)23-15-6-3-11(4-7-15)12-5-8-16-13(9-12)1-2-14-10-24-22-17(14)16/h3-10H,1-2H2. The van der Waals surface area contributed by atoms with Crippen LogP contribution < -0.4 is 4.74 Å². The maximum Gasteiger partial charge on any atom is 0.573 e. The van der Waals surface area contributed by atoms with Crippen molar-refractivity contribution in [2.75, 3.05) is 0 Å². The quantitative estimate of drug-likeness (QED) is 0.613. The van der Waals surface area contributed by atoms with Gasteiger partial charge in [0.2, 0.25) is 0 Å². The van der Waals surface area contributed by atoms with Gasteiger partial charge in [0.25, 0.3) is 0 Å². The third-order valence-electron chi connectivity index (χ3n) is 4.09. The second-order valence-electron chi connectivity index (χ2n) is 5.63. The Balaban J connectivity index is 1.64. The van der Waals surface area contributed by atoms with Gasteiger partial charge in [-0.2, -0.15) is 4.37 Å². The summed E-state index contributed by atoms with van der Waals surface area (Å²) in [5, 5.41) is 2.09. The Morgan fingerprint density at radius 2 is 1.62 bits per heavy atom. The molecule has 0 amide bonds. The van der Waals surface area contributed by atoms with Crippen LogP contribution in [-0.4, -0.2) is 10.7 Å². The van der Waals surface area contributed by atoms with Crippen LogP contribution in [0.3, 0.4) is 0 Å². The van der Waals surface area contributed by atoms with Gasteiger partial charge in [-0.3, -0.25) is 0 Å². The molecule has 1 aliphatic rings. The summed E-state index contributed by atoms with van der Waals surface area (Å²) in [7, 11) is 0. The van der Waals surface area contributed by atoms with Crippen molar-refractivity contribution < 1.29 is 17.9 Å². The van der Waals surface area contributed by atoms with Crippen molar-refractivity contribution in [3.05, 3.63) is 59.0 Å². The summed E-state index contributed by atoms with van der Waals surface area (Å²) in [4.78, 5) is 0. The Kier molecular flexibility index (Phi) is 3.57. The van der Waals surface area contributed by atoms with Crippen LogP contribution in [0.2, 0.25) is 0 Å². The zero-order valence-electron chi connectivity index (χ0n) is 12.4. The Hall–Kier alpha value is -2.34. The van der Waals surface area contributed by atoms with E-state index in [0.29, 0.717) is 0 Å². The molecule has 2 aromatic carbocycles. The fraction of sp³-hybridized carbons (Fsp3) is 0.167. The number of aromatic nitrogens is 1. The average Bonchev–Trinajstić information content (AvgIpc) is 3.02. The topological polar surface area (TPSA) is 22.1 Å². The first-order valence-electron chi connectivity index (χ1n) is 7.42. The first-order valence-corrected chi connectivity index (χ1v) is 8.26. The monoisotopic (exact) mass is 347 g/mol. The molecule has 0 N–H and O–H groups in total. The molecule has 1 aliphatic carbocycles. The molecule has 0 fully saturated rings. The number of aryl methyl sites for hydroxylation is 2. The summed E-state index contributed by atoms with van der Waals surface area (Å²) >= 11 is 1.47. The number of halogens is 3. The Morgan fingerprint density at radius 1 is 0.917 bits per heavy atom. The Morgan fingerprint density at radius 3 is 2.38 bits per heavy atom. The van der Waals surface area contributed by atoms with E-state index < -0.39 is 6.36 Å². The molecule has 0 radical (unpaired) electrons. The largest absolute Gasteiger partial charge is 0.573 e. The number of fused-ring (bicyclic) bond motifs is 3. The van der Waals surface area contributed by atoms with Gasteiger partial charge in [0.05, 0.1) is 5.69 Å². The molecule has 6 heteroatoms. The molecule has 24 heavy (non-hydrogen) atoms. The van der Waals surface area contributed by atoms with E-state index in [4.69, 9.17) is 0 Å². The number of ether oxygens (including phenoxy) is 1. The van der Waals surface area contributed by atoms with E-state index in [1.807, 2.05) is 12.1 Å². The van der Waals surface area contributed by atoms with Crippen molar-refractivity contribution in [3.63, 3.8) is 0 Å². The van der Waals surface area contributed by atoms with Gasteiger partial charge in [-0.05, 0) is 58.8 Å². The molecular formula is C18H12F3NOS. The summed E-state index contributed by atoms with van der Waals surface area (Å²) in [6.07, 6.45) is -2.75. The van der Waals surface area contributed by atoms with Gasteiger partial charge in [-0.1, -0.05) is 30.3 Å². The first-order chi connectivity index (χ1) is 11.5.